The number of hydrogen-bond acceptors (Lipinski definition) is 7. The Bertz CT molecular complexity index is 1740. The highest BCUT2D eigenvalue weighted by molar-refractivity contribution is 7.46. The number of phosphoric ester groups is 1. The molecule has 4 heterocycles. The van der Waals surface area contributed by atoms with Crippen molar-refractivity contribution >= 4 is 24.8 Å². The molecule has 1 amide bonds. The van der Waals surface area contributed by atoms with Gasteiger partial charge in [0.15, 0.2) is 5.82 Å². The van der Waals surface area contributed by atoms with Crippen molar-refractivity contribution in [2.24, 2.45) is 0 Å². The Labute approximate surface area is 226 Å². The average molecular weight is 571 g/mol. The van der Waals surface area contributed by atoms with Crippen LogP contribution in [-0.2, 0) is 14.7 Å². The predicted molar refractivity (Wildman–Crippen MR) is 138 cm³/mol. The van der Waals surface area contributed by atoms with Gasteiger partial charge in [0.1, 0.15) is 17.2 Å². The molecule has 2 aliphatic rings. The van der Waals surface area contributed by atoms with Crippen LogP contribution in [0.5, 0.6) is 5.75 Å². The van der Waals surface area contributed by atoms with Gasteiger partial charge in [-0.1, -0.05) is 12.1 Å². The van der Waals surface area contributed by atoms with Crippen LogP contribution in [0, 0.1) is 6.92 Å². The number of carbonyl (C=O) groups is 1. The fourth-order valence-electron chi connectivity index (χ4n) is 5.56. The zero-order chi connectivity index (χ0) is 28.6. The van der Waals surface area contributed by atoms with Crippen molar-refractivity contribution in [3.05, 3.63) is 71.1 Å². The molecule has 6 rings (SSSR count). The van der Waals surface area contributed by atoms with E-state index in [4.69, 9.17) is 14.2 Å². The minimum Gasteiger partial charge on any atom is -0.434 e. The van der Waals surface area contributed by atoms with E-state index in [9.17, 15) is 27.9 Å². The summed E-state index contributed by atoms with van der Waals surface area (Å²) in [5.74, 6) is 0.286. The van der Waals surface area contributed by atoms with Crippen LogP contribution >= 0.6 is 7.82 Å². The third-order valence-corrected chi connectivity index (χ3v) is 7.83. The lowest BCUT2D eigenvalue weighted by atomic mass is 9.97. The molecule has 2 atom stereocenters. The van der Waals surface area contributed by atoms with Crippen molar-refractivity contribution in [2.45, 2.75) is 51.5 Å². The van der Waals surface area contributed by atoms with E-state index in [1.165, 1.54) is 26.0 Å². The number of carbonyl (C=O) groups excluding carboxylic acids is 1. The van der Waals surface area contributed by atoms with Gasteiger partial charge < -0.3 is 24.4 Å². The predicted octanol–water partition coefficient (Wildman–Crippen LogP) is 4.53. The molecule has 14 heteroatoms. The molecule has 0 fully saturated rings. The van der Waals surface area contributed by atoms with Crippen molar-refractivity contribution in [3.63, 3.8) is 0 Å². The van der Waals surface area contributed by atoms with Gasteiger partial charge in [-0.3, -0.25) is 9.32 Å². The average Bonchev–Trinajstić information content (AvgIpc) is 3.34. The smallest absolute Gasteiger partial charge is 0.434 e. The molecule has 0 radical (unpaired) electrons. The number of amides is 1. The Hall–Kier alpha value is -3.77. The lowest BCUT2D eigenvalue weighted by Gasteiger charge is -2.24. The Morgan fingerprint density at radius 1 is 1.18 bits per heavy atom. The second-order valence-electron chi connectivity index (χ2n) is 10.2. The molecular weight excluding hydrogens is 547 g/mol. The Morgan fingerprint density at radius 3 is 2.65 bits per heavy atom. The fourth-order valence-corrected chi connectivity index (χ4v) is 6.23. The quantitative estimate of drug-likeness (QED) is 0.284. The van der Waals surface area contributed by atoms with E-state index < -0.39 is 32.1 Å². The van der Waals surface area contributed by atoms with Gasteiger partial charge >= 0.3 is 14.4 Å². The number of alkyl halides is 2. The molecule has 11 nitrogen and oxygen atoms in total. The van der Waals surface area contributed by atoms with Gasteiger partial charge in [-0.25, -0.2) is 19.5 Å². The number of nitrogens with one attached hydrogen (secondary N) is 1. The van der Waals surface area contributed by atoms with Crippen LogP contribution < -0.4 is 10.1 Å². The highest BCUT2D eigenvalue weighted by Crippen LogP contribution is 2.48. The molecule has 4 aromatic rings. The number of fused-ring (bicyclic) bond motifs is 9. The first-order valence-electron chi connectivity index (χ1n) is 12.3. The SMILES string of the molecule is Cc1nc(C(C)(C)OP(=O)(O)O)ncc1-c1ccc2nc3n(c2c1)[C@@H]1C[C@H]3NC(=O)c2cccc(OC(F)F)c21. The zero-order valence-electron chi connectivity index (χ0n) is 21.5. The molecular formula is C26H24F2N5O6P. The summed E-state index contributed by atoms with van der Waals surface area (Å²) >= 11 is 0. The first-order valence-corrected chi connectivity index (χ1v) is 13.9. The van der Waals surface area contributed by atoms with Crippen molar-refractivity contribution < 1.29 is 37.2 Å². The molecule has 208 valence electrons. The maximum absolute atomic E-state index is 13.3. The molecule has 0 saturated heterocycles. The van der Waals surface area contributed by atoms with E-state index in [1.54, 1.807) is 19.2 Å². The summed E-state index contributed by atoms with van der Waals surface area (Å²) in [7, 11) is -4.78. The number of phosphoric acid groups is 1. The summed E-state index contributed by atoms with van der Waals surface area (Å²) in [4.78, 5) is 45.0. The third kappa shape index (κ3) is 4.44. The van der Waals surface area contributed by atoms with Crippen LogP contribution in [0.25, 0.3) is 22.2 Å². The van der Waals surface area contributed by atoms with Crippen molar-refractivity contribution in [2.75, 3.05) is 0 Å². The zero-order valence-corrected chi connectivity index (χ0v) is 22.4. The second-order valence-corrected chi connectivity index (χ2v) is 11.4. The van der Waals surface area contributed by atoms with Crippen molar-refractivity contribution in [3.8, 4) is 16.9 Å². The topological polar surface area (TPSA) is 149 Å². The minimum absolute atomic E-state index is 0.0564. The van der Waals surface area contributed by atoms with Gasteiger partial charge in [-0.15, -0.1) is 0 Å². The van der Waals surface area contributed by atoms with Crippen LogP contribution in [0.15, 0.2) is 42.6 Å². The number of ether oxygens (including phenoxy) is 1. The van der Waals surface area contributed by atoms with Crippen LogP contribution in [0.4, 0.5) is 8.78 Å². The molecule has 0 unspecified atom stereocenters. The summed E-state index contributed by atoms with van der Waals surface area (Å²) in [6.45, 7) is 1.62. The van der Waals surface area contributed by atoms with E-state index in [2.05, 4.69) is 15.3 Å². The van der Waals surface area contributed by atoms with Crippen molar-refractivity contribution in [1.29, 1.82) is 0 Å². The first-order chi connectivity index (χ1) is 18.8. The summed E-state index contributed by atoms with van der Waals surface area (Å²) in [5.41, 5.74) is 2.55. The van der Waals surface area contributed by atoms with Crippen molar-refractivity contribution in [1.82, 2.24) is 24.8 Å². The maximum Gasteiger partial charge on any atom is 0.470 e. The third-order valence-electron chi connectivity index (χ3n) is 7.14. The first kappa shape index (κ1) is 26.5. The van der Waals surface area contributed by atoms with Gasteiger partial charge in [-0.2, -0.15) is 8.78 Å². The number of imidazole rings is 1. The molecule has 40 heavy (non-hydrogen) atoms. The molecule has 2 aromatic heterocycles. The second kappa shape index (κ2) is 9.13. The minimum atomic E-state index is -4.78. The van der Waals surface area contributed by atoms with Gasteiger partial charge in [0, 0.05) is 28.6 Å². The maximum atomic E-state index is 13.3. The molecule has 0 aliphatic carbocycles. The largest absolute Gasteiger partial charge is 0.470 e. The summed E-state index contributed by atoms with van der Waals surface area (Å²) in [6, 6.07) is 9.20. The normalized spacial score (nSPS) is 18.4. The van der Waals surface area contributed by atoms with Gasteiger partial charge in [0.05, 0.1) is 23.1 Å². The van der Waals surface area contributed by atoms with Crippen LogP contribution in [-0.4, -0.2) is 41.8 Å². The number of aryl methyl sites for hydroxylation is 1. The van der Waals surface area contributed by atoms with E-state index >= 15 is 0 Å². The molecule has 2 bridgehead atoms. The number of nitrogens with zero attached hydrogens (tertiary/aromatic N) is 4. The fraction of sp³-hybridized carbons (Fsp3) is 0.308. The monoisotopic (exact) mass is 571 g/mol. The number of rotatable bonds is 6. The van der Waals surface area contributed by atoms with E-state index in [1.807, 2.05) is 22.8 Å². The number of hydrogen-bond donors (Lipinski definition) is 3. The lowest BCUT2D eigenvalue weighted by molar-refractivity contribution is -0.0507. The summed E-state index contributed by atoms with van der Waals surface area (Å²) < 4.78 is 49.6. The summed E-state index contributed by atoms with van der Waals surface area (Å²) in [6.07, 6.45) is 1.98. The standard InChI is InChI=1S/C26H24F2N5O6P/c1-12-15(11-29-24(30-12)26(2,3)39-40(35,36)37)13-7-8-16-18(9-13)33-19-10-17(22(33)31-16)32-23(34)14-5-4-6-20(21(14)19)38-25(27)28/h4-9,11,17,19,25H,10H2,1-3H3,(H,32,34)(H2,35,36,37)/t17-,19-/m1/s1. The van der Waals surface area contributed by atoms with Crippen LogP contribution in [0.1, 0.15) is 65.6 Å². The molecule has 0 spiro atoms. The number of aromatic nitrogens is 4. The Balaban J connectivity index is 1.45. The Morgan fingerprint density at radius 2 is 1.95 bits per heavy atom. The van der Waals surface area contributed by atoms with Gasteiger partial charge in [0.25, 0.3) is 5.91 Å². The number of halogens is 2. The number of benzene rings is 2. The van der Waals surface area contributed by atoms with E-state index in [-0.39, 0.29) is 23.0 Å². The molecule has 3 N–H and O–H groups in total. The van der Waals surface area contributed by atoms with E-state index in [0.29, 0.717) is 34.6 Å². The highest BCUT2D eigenvalue weighted by atomic mass is 31.2. The molecule has 2 aliphatic heterocycles. The summed E-state index contributed by atoms with van der Waals surface area (Å²) in [5, 5.41) is 2.96. The van der Waals surface area contributed by atoms with Crippen LogP contribution in [0.3, 0.4) is 0 Å². The van der Waals surface area contributed by atoms with Gasteiger partial charge in [-0.05, 0) is 57.0 Å². The van der Waals surface area contributed by atoms with Crippen LogP contribution in [0.2, 0.25) is 0 Å². The van der Waals surface area contributed by atoms with E-state index in [0.717, 1.165) is 11.1 Å². The Kier molecular flexibility index (Phi) is 6.04. The highest BCUT2D eigenvalue weighted by Gasteiger charge is 2.42. The lowest BCUT2D eigenvalue weighted by Crippen LogP contribution is -2.28. The molecule has 0 saturated carbocycles. The van der Waals surface area contributed by atoms with Gasteiger partial charge in [0.2, 0.25) is 0 Å². The molecule has 2 aromatic carbocycles.